The number of piperazine rings is 1. The van der Waals surface area contributed by atoms with Crippen LogP contribution in [-0.4, -0.2) is 75.9 Å². The van der Waals surface area contributed by atoms with E-state index < -0.39 is 17.5 Å². The molecular formula is C20H23F3N6O5. The highest BCUT2D eigenvalue weighted by Gasteiger charge is 2.32. The number of fused-ring (bicyclic) bond motifs is 1. The maximum Gasteiger partial charge on any atom is 0.573 e. The lowest BCUT2D eigenvalue weighted by atomic mass is 10.2. The lowest BCUT2D eigenvalue weighted by Gasteiger charge is -2.34. The summed E-state index contributed by atoms with van der Waals surface area (Å²) in [4.78, 5) is 30.9. The number of halogens is 3. The lowest BCUT2D eigenvalue weighted by Crippen LogP contribution is -2.50. The number of amides is 1. The largest absolute Gasteiger partial charge is 0.573 e. The lowest BCUT2D eigenvalue weighted by molar-refractivity contribution is -0.389. The number of nitro groups is 1. The normalized spacial score (nSPS) is 19.2. The maximum atomic E-state index is 12.6. The van der Waals surface area contributed by atoms with Crippen molar-refractivity contribution in [2.75, 3.05) is 39.3 Å². The average molecular weight is 484 g/mol. The molecule has 1 saturated heterocycles. The predicted molar refractivity (Wildman–Crippen MR) is 111 cm³/mol. The summed E-state index contributed by atoms with van der Waals surface area (Å²) in [6, 6.07) is 5.89. The molecule has 0 spiro atoms. The van der Waals surface area contributed by atoms with Crippen molar-refractivity contribution in [2.24, 2.45) is 0 Å². The number of ether oxygens (including phenoxy) is 2. The quantitative estimate of drug-likeness (QED) is 0.468. The van der Waals surface area contributed by atoms with Crippen molar-refractivity contribution < 1.29 is 32.4 Å². The zero-order valence-corrected chi connectivity index (χ0v) is 18.0. The Balaban J connectivity index is 1.22. The van der Waals surface area contributed by atoms with Crippen LogP contribution in [0.15, 0.2) is 30.5 Å². The number of rotatable bonds is 7. The molecular weight excluding hydrogens is 461 g/mol. The van der Waals surface area contributed by atoms with E-state index in [4.69, 9.17) is 4.74 Å². The molecule has 1 amide bonds. The highest BCUT2D eigenvalue weighted by molar-refractivity contribution is 5.78. The van der Waals surface area contributed by atoms with Gasteiger partial charge in [-0.3, -0.25) is 19.2 Å². The summed E-state index contributed by atoms with van der Waals surface area (Å²) in [5.41, 5.74) is 0.866. The van der Waals surface area contributed by atoms with Gasteiger partial charge in [0.1, 0.15) is 18.1 Å². The fourth-order valence-electron chi connectivity index (χ4n) is 3.92. The topological polar surface area (TPSA) is 115 Å². The zero-order chi connectivity index (χ0) is 24.3. The zero-order valence-electron chi connectivity index (χ0n) is 18.0. The summed E-state index contributed by atoms with van der Waals surface area (Å²) in [5, 5.41) is 13.8. The van der Waals surface area contributed by atoms with E-state index in [-0.39, 0.29) is 30.0 Å². The first-order valence-corrected chi connectivity index (χ1v) is 10.6. The van der Waals surface area contributed by atoms with Crippen molar-refractivity contribution in [1.82, 2.24) is 24.7 Å². The number of aromatic nitrogens is 2. The summed E-state index contributed by atoms with van der Waals surface area (Å²) in [7, 11) is 0. The van der Waals surface area contributed by atoms with Gasteiger partial charge in [0, 0.05) is 44.1 Å². The minimum atomic E-state index is -4.71. The predicted octanol–water partition coefficient (Wildman–Crippen LogP) is 1.90. The standard InChI is InChI=1S/C20H23F3N6O5/c21-20(22,23)34-15-3-1-14(2-4-15)11-26-6-8-27(9-7-26)13-18(30)24-16-5-10-33-19-25-17(29(31)32)12-28(16)19/h1-4,12,16H,5-11,13H2,(H,24,30)/t16-/m0/s1. The van der Waals surface area contributed by atoms with E-state index in [0.717, 1.165) is 5.56 Å². The van der Waals surface area contributed by atoms with Crippen LogP contribution in [0.25, 0.3) is 0 Å². The molecule has 1 fully saturated rings. The van der Waals surface area contributed by atoms with Crippen molar-refractivity contribution in [3.05, 3.63) is 46.1 Å². The van der Waals surface area contributed by atoms with Gasteiger partial charge in [-0.1, -0.05) is 12.1 Å². The van der Waals surface area contributed by atoms with Crippen molar-refractivity contribution in [3.63, 3.8) is 0 Å². The molecule has 1 aromatic carbocycles. The monoisotopic (exact) mass is 484 g/mol. The number of nitrogens with one attached hydrogen (secondary N) is 1. The van der Waals surface area contributed by atoms with E-state index in [1.54, 1.807) is 12.1 Å². The molecule has 14 heteroatoms. The number of imidazole rings is 1. The van der Waals surface area contributed by atoms with Crippen LogP contribution in [0.3, 0.4) is 0 Å². The Hall–Kier alpha value is -3.39. The minimum absolute atomic E-state index is 0.106. The van der Waals surface area contributed by atoms with Crippen molar-refractivity contribution in [2.45, 2.75) is 25.5 Å². The third-order valence-electron chi connectivity index (χ3n) is 5.55. The average Bonchev–Trinajstić information content (AvgIpc) is 3.21. The van der Waals surface area contributed by atoms with Gasteiger partial charge in [0.25, 0.3) is 0 Å². The van der Waals surface area contributed by atoms with Crippen LogP contribution in [0.4, 0.5) is 19.0 Å². The molecule has 2 aliphatic rings. The first-order valence-electron chi connectivity index (χ1n) is 10.6. The van der Waals surface area contributed by atoms with E-state index >= 15 is 0 Å². The highest BCUT2D eigenvalue weighted by atomic mass is 19.4. The molecule has 0 bridgehead atoms. The van der Waals surface area contributed by atoms with Crippen LogP contribution >= 0.6 is 0 Å². The second kappa shape index (κ2) is 9.85. The van der Waals surface area contributed by atoms with Crippen LogP contribution in [0.1, 0.15) is 18.2 Å². The Morgan fingerprint density at radius 2 is 1.88 bits per heavy atom. The summed E-state index contributed by atoms with van der Waals surface area (Å²) < 4.78 is 47.5. The SMILES string of the molecule is O=C(CN1CCN(Cc2ccc(OC(F)(F)F)cc2)CC1)N[C@@H]1CCOc2nc([N+](=O)[O-])cn21. The van der Waals surface area contributed by atoms with Gasteiger partial charge in [0.2, 0.25) is 5.91 Å². The smallest absolute Gasteiger partial charge is 0.446 e. The number of hydrogen-bond donors (Lipinski definition) is 1. The molecule has 2 aromatic rings. The Morgan fingerprint density at radius 1 is 1.21 bits per heavy atom. The molecule has 184 valence electrons. The second-order valence-corrected chi connectivity index (χ2v) is 8.01. The second-order valence-electron chi connectivity index (χ2n) is 8.01. The van der Waals surface area contributed by atoms with Gasteiger partial charge in [-0.15, -0.1) is 13.2 Å². The summed E-state index contributed by atoms with van der Waals surface area (Å²) in [6.45, 7) is 3.75. The first-order chi connectivity index (χ1) is 16.2. The van der Waals surface area contributed by atoms with Gasteiger partial charge in [0.15, 0.2) is 0 Å². The molecule has 0 aliphatic carbocycles. The Kier molecular flexibility index (Phi) is 6.88. The van der Waals surface area contributed by atoms with Crippen molar-refractivity contribution >= 4 is 11.7 Å². The fraction of sp³-hybridized carbons (Fsp3) is 0.500. The van der Waals surface area contributed by atoms with E-state index in [1.807, 2.05) is 4.90 Å². The first kappa shape index (κ1) is 23.8. The molecule has 2 aliphatic heterocycles. The van der Waals surface area contributed by atoms with E-state index in [2.05, 4.69) is 19.9 Å². The molecule has 11 nitrogen and oxygen atoms in total. The summed E-state index contributed by atoms with van der Waals surface area (Å²) in [5.74, 6) is -0.799. The number of carbonyl (C=O) groups is 1. The molecule has 0 saturated carbocycles. The van der Waals surface area contributed by atoms with E-state index in [0.29, 0.717) is 45.8 Å². The van der Waals surface area contributed by atoms with Crippen molar-refractivity contribution in [1.29, 1.82) is 0 Å². The van der Waals surface area contributed by atoms with Gasteiger partial charge >= 0.3 is 18.2 Å². The van der Waals surface area contributed by atoms with Crippen LogP contribution in [-0.2, 0) is 11.3 Å². The highest BCUT2D eigenvalue weighted by Crippen LogP contribution is 2.27. The van der Waals surface area contributed by atoms with Gasteiger partial charge in [0.05, 0.1) is 13.2 Å². The Morgan fingerprint density at radius 3 is 2.53 bits per heavy atom. The molecule has 1 N–H and O–H groups in total. The van der Waals surface area contributed by atoms with Crippen LogP contribution in [0.5, 0.6) is 11.8 Å². The number of alkyl halides is 3. The molecule has 0 radical (unpaired) electrons. The molecule has 3 heterocycles. The number of carbonyl (C=O) groups excluding carboxylic acids is 1. The number of nitrogens with zero attached hydrogens (tertiary/aromatic N) is 5. The van der Waals surface area contributed by atoms with Gasteiger partial charge in [-0.05, 0) is 22.6 Å². The third kappa shape index (κ3) is 6.14. The fourth-order valence-corrected chi connectivity index (χ4v) is 3.92. The molecule has 4 rings (SSSR count). The summed E-state index contributed by atoms with van der Waals surface area (Å²) in [6.07, 6.45) is -3.47. The third-order valence-corrected chi connectivity index (χ3v) is 5.55. The van der Waals surface area contributed by atoms with Gasteiger partial charge in [-0.25, -0.2) is 0 Å². The van der Waals surface area contributed by atoms with Crippen LogP contribution < -0.4 is 14.8 Å². The Labute approximate surface area is 192 Å². The molecule has 34 heavy (non-hydrogen) atoms. The van der Waals surface area contributed by atoms with Crippen LogP contribution in [0.2, 0.25) is 0 Å². The minimum Gasteiger partial charge on any atom is -0.446 e. The van der Waals surface area contributed by atoms with Gasteiger partial charge < -0.3 is 24.9 Å². The Bertz CT molecular complexity index is 1020. The molecule has 1 atom stereocenters. The number of hydrogen-bond acceptors (Lipinski definition) is 8. The maximum absolute atomic E-state index is 12.6. The van der Waals surface area contributed by atoms with Gasteiger partial charge in [-0.2, -0.15) is 0 Å². The molecule has 0 unspecified atom stereocenters. The summed E-state index contributed by atoms with van der Waals surface area (Å²) >= 11 is 0. The number of benzene rings is 1. The molecule has 1 aromatic heterocycles. The van der Waals surface area contributed by atoms with E-state index in [9.17, 15) is 28.1 Å². The van der Waals surface area contributed by atoms with Crippen molar-refractivity contribution in [3.8, 4) is 11.8 Å². The van der Waals surface area contributed by atoms with Crippen LogP contribution in [0, 0.1) is 10.1 Å². The van der Waals surface area contributed by atoms with E-state index in [1.165, 1.54) is 22.9 Å².